The summed E-state index contributed by atoms with van der Waals surface area (Å²) in [5.74, 6) is 1.32. The zero-order valence-corrected chi connectivity index (χ0v) is 55.0. The number of fused-ring (bicyclic) bond motifs is 2. The van der Waals surface area contributed by atoms with E-state index < -0.39 is 22.9 Å². The van der Waals surface area contributed by atoms with Gasteiger partial charge in [0.05, 0.1) is 29.2 Å². The molecule has 0 unspecified atom stereocenters. The maximum absolute atomic E-state index is 12.0. The summed E-state index contributed by atoms with van der Waals surface area (Å²) in [6, 6.07) is 1.55. The molecule has 6 amide bonds. The molecule has 0 radical (unpaired) electrons. The second kappa shape index (κ2) is 35.2. The van der Waals surface area contributed by atoms with Gasteiger partial charge in [0, 0.05) is 49.3 Å². The molecule has 0 aromatic rings. The molecule has 7 rings (SSSR count). The van der Waals surface area contributed by atoms with Crippen molar-refractivity contribution < 1.29 is 77.4 Å². The van der Waals surface area contributed by atoms with E-state index in [2.05, 4.69) is 55.6 Å². The summed E-state index contributed by atoms with van der Waals surface area (Å²) in [6.07, 6.45) is 13.4. The van der Waals surface area contributed by atoms with E-state index in [4.69, 9.17) is 35.7 Å². The van der Waals surface area contributed by atoms with E-state index in [0.717, 1.165) is 57.3 Å². The monoisotopic (exact) mass is 1250 g/mol. The Bertz CT molecular complexity index is 1700. The van der Waals surface area contributed by atoms with Gasteiger partial charge in [0.1, 0.15) is 22.4 Å². The van der Waals surface area contributed by atoms with Crippen LogP contribution in [0, 0.1) is 25.7 Å². The molecule has 3 N–H and O–H groups in total. The maximum Gasteiger partial charge on any atom is 2.00 e. The number of halogens is 2. The summed E-state index contributed by atoms with van der Waals surface area (Å²) in [6.45, 7) is 38.7. The fourth-order valence-corrected chi connectivity index (χ4v) is 8.80. The molecule has 0 bridgehead atoms. The van der Waals surface area contributed by atoms with Gasteiger partial charge < -0.3 is 53.2 Å². The van der Waals surface area contributed by atoms with Crippen molar-refractivity contribution in [1.82, 2.24) is 24.9 Å². The minimum atomic E-state index is -0.543. The van der Waals surface area contributed by atoms with Crippen LogP contribution in [0.4, 0.5) is 19.2 Å². The Morgan fingerprint density at radius 2 is 1.03 bits per heavy atom. The van der Waals surface area contributed by atoms with E-state index in [-0.39, 0.29) is 92.6 Å². The van der Waals surface area contributed by atoms with Gasteiger partial charge in [0.2, 0.25) is 11.8 Å². The molecule has 0 spiro atoms. The summed E-state index contributed by atoms with van der Waals surface area (Å²) in [7, 11) is 0. The molecule has 9 atom stereocenters. The standard InChI is InChI=1S/C12H21NO2.2C11H19NO3.C11H19NO2.C5H9NO2.2C2H5.CH2ClI.Zn/c1-5-9-6-8-7-10(8)13(9)11(14)15-12(2,3)4;1-11(2,3)15-10(14)12-8(6-13)4-7-5-9(7)12;1-5-8-6-7-9(13)12(8)10(14)15-11(2,3)4;1-5-9-7-6-8-12(9)10(13)14-11(2,3)4;7-3-4-1-2-5(8)6-4;2*1-2;2-1-3;/h8-10H,5-7H2,1-4H3;7-9,13H,4-6H2,1-3H3;8H,5-7H2,1-4H3;6,8-9H,5,7H2,1-4H3;4,7H,1-3H2,(H,6,8);2*1H2,2H3;1H2;/q;;;;;2*-1;;+2/t8-,9+,10+;7-,8-,9+;8-;9-;4-;;;;/m00110..../s1. The predicted molar refractivity (Wildman–Crippen MR) is 301 cm³/mol. The molecule has 4 saturated heterocycles. The number of alkyl halides is 2. The SMILES string of the molecule is CC(C)(C)OC(=O)N1[C@H](CO)C[C@H]2C[C@H]21.CC[C@@H]1CC=CN1C(=O)OC(C)(C)C.CC[C@@H]1CCC(=O)N1C(=O)OC(C)(C)C.CC[C@@H]1C[C@H]2C[C@H]2N1C(=O)OC(C)(C)C.ClCI.O=C1CC[C@@H](CO)N1.[CH2-]C.[CH2-]C.[Zn+2]. The number of likely N-dealkylation sites (tertiary alicyclic amines) is 3. The van der Waals surface area contributed by atoms with Crippen molar-refractivity contribution in [2.24, 2.45) is 11.8 Å². The van der Waals surface area contributed by atoms with E-state index in [1.807, 2.05) is 86.4 Å². The molecule has 432 valence electrons. The van der Waals surface area contributed by atoms with Crippen molar-refractivity contribution in [1.29, 1.82) is 0 Å². The van der Waals surface area contributed by atoms with Gasteiger partial charge >= 0.3 is 43.9 Å². The minimum absolute atomic E-state index is 0. The molecule has 0 aromatic carbocycles. The van der Waals surface area contributed by atoms with Gasteiger partial charge in [-0.25, -0.2) is 24.1 Å². The number of imide groups is 1. The normalized spacial score (nSPS) is 25.3. The first-order valence-corrected chi connectivity index (χ1v) is 28.7. The van der Waals surface area contributed by atoms with Gasteiger partial charge in [-0.1, -0.05) is 49.4 Å². The Labute approximate surface area is 484 Å². The zero-order valence-electron chi connectivity index (χ0n) is 49.1. The minimum Gasteiger partial charge on any atom is -0.444 e. The molecule has 5 aliphatic heterocycles. The summed E-state index contributed by atoms with van der Waals surface area (Å²) >= 11 is 7.04. The first-order valence-electron chi connectivity index (χ1n) is 26.7. The summed E-state index contributed by atoms with van der Waals surface area (Å²) in [5, 5.41) is 20.3. The Kier molecular flexibility index (Phi) is 35.0. The predicted octanol–water partition coefficient (Wildman–Crippen LogP) is 12.0. The van der Waals surface area contributed by atoms with Crippen molar-refractivity contribution in [3.8, 4) is 0 Å². The van der Waals surface area contributed by atoms with E-state index in [1.54, 1.807) is 44.4 Å². The number of piperidine rings is 2. The van der Waals surface area contributed by atoms with Gasteiger partial charge in [-0.15, -0.1) is 11.6 Å². The second-order valence-corrected chi connectivity index (χ2v) is 24.7. The van der Waals surface area contributed by atoms with Crippen LogP contribution < -0.4 is 5.32 Å². The molecule has 2 aliphatic carbocycles. The quantitative estimate of drug-likeness (QED) is 0.0773. The van der Waals surface area contributed by atoms with Crippen LogP contribution in [0.5, 0.6) is 0 Å². The molecule has 7 aliphatic rings. The molecule has 17 nitrogen and oxygen atoms in total. The number of aliphatic hydroxyl groups excluding tert-OH is 2. The summed E-state index contributed by atoms with van der Waals surface area (Å²) in [5.41, 5.74) is -1.78. The number of ether oxygens (including phenoxy) is 4. The number of hydrogen-bond acceptors (Lipinski definition) is 12. The number of nitrogens with one attached hydrogen (secondary N) is 1. The number of carbonyl (C=O) groups is 6. The van der Waals surface area contributed by atoms with Crippen LogP contribution in [0.1, 0.15) is 195 Å². The van der Waals surface area contributed by atoms with Crippen LogP contribution in [-0.4, -0.2) is 148 Å². The fraction of sp³-hybridized carbons (Fsp3) is 0.818. The van der Waals surface area contributed by atoms with Gasteiger partial charge in [0.15, 0.2) is 0 Å². The summed E-state index contributed by atoms with van der Waals surface area (Å²) < 4.78 is 21.9. The van der Waals surface area contributed by atoms with Crippen LogP contribution in [0.2, 0.25) is 0 Å². The smallest absolute Gasteiger partial charge is 0.444 e. The number of nitrogens with zero attached hydrogens (tertiary/aromatic N) is 4. The average Bonchev–Trinajstić information content (AvgIpc) is 3.79. The molecule has 6 fully saturated rings. The third-order valence-electron chi connectivity index (χ3n) is 12.1. The van der Waals surface area contributed by atoms with Crippen LogP contribution >= 0.6 is 34.2 Å². The third kappa shape index (κ3) is 27.8. The molecular weight excluding hydrogens is 1150 g/mol. The molecule has 20 heteroatoms. The average molecular weight is 1250 g/mol. The van der Waals surface area contributed by atoms with Crippen LogP contribution in [-0.2, 0) is 48.0 Å². The number of amides is 6. The largest absolute Gasteiger partial charge is 2.00 e. The number of hydrogen-bond donors (Lipinski definition) is 3. The first-order chi connectivity index (χ1) is 34.4. The van der Waals surface area contributed by atoms with Crippen molar-refractivity contribution >= 4 is 70.4 Å². The Balaban J connectivity index is 0. The van der Waals surface area contributed by atoms with Crippen molar-refractivity contribution in [3.63, 3.8) is 0 Å². The van der Waals surface area contributed by atoms with Gasteiger partial charge in [-0.3, -0.25) is 19.4 Å². The van der Waals surface area contributed by atoms with E-state index in [0.29, 0.717) is 40.8 Å². The zero-order chi connectivity index (χ0) is 57.5. The number of carbonyl (C=O) groups excluding carboxylic acids is 6. The fourth-order valence-electron chi connectivity index (χ4n) is 8.80. The van der Waals surface area contributed by atoms with E-state index >= 15 is 0 Å². The first kappa shape index (κ1) is 74.6. The van der Waals surface area contributed by atoms with Crippen LogP contribution in [0.25, 0.3) is 0 Å². The van der Waals surface area contributed by atoms with Gasteiger partial charge in [-0.05, 0) is 159 Å². The van der Waals surface area contributed by atoms with E-state index in [9.17, 15) is 33.9 Å². The van der Waals surface area contributed by atoms with Gasteiger partial charge in [0.25, 0.3) is 0 Å². The molecule has 2 saturated carbocycles. The van der Waals surface area contributed by atoms with Crippen LogP contribution in [0.15, 0.2) is 12.3 Å². The Morgan fingerprint density at radius 3 is 1.39 bits per heavy atom. The number of aliphatic hydroxyl groups is 2. The van der Waals surface area contributed by atoms with Gasteiger partial charge in [-0.2, -0.15) is 13.8 Å². The molecule has 0 aromatic heterocycles. The summed E-state index contributed by atoms with van der Waals surface area (Å²) in [4.78, 5) is 75.8. The maximum atomic E-state index is 12.0. The van der Waals surface area contributed by atoms with Crippen molar-refractivity contribution in [3.05, 3.63) is 26.1 Å². The molecular formula is C55H99ClIN5O12Zn. The van der Waals surface area contributed by atoms with Crippen LogP contribution in [0.3, 0.4) is 0 Å². The molecule has 5 heterocycles. The third-order valence-corrected chi connectivity index (χ3v) is 12.1. The Morgan fingerprint density at radius 1 is 0.627 bits per heavy atom. The van der Waals surface area contributed by atoms with E-state index in [1.165, 1.54) is 17.7 Å². The second-order valence-electron chi connectivity index (χ2n) is 22.8. The topological polar surface area (TPSA) is 205 Å². The Hall–Kier alpha value is -2.48. The number of rotatable bonds is 5. The van der Waals surface area contributed by atoms with Crippen molar-refractivity contribution in [2.75, 3.05) is 17.1 Å². The van der Waals surface area contributed by atoms with Crippen molar-refractivity contribution in [2.45, 2.75) is 259 Å². The molecule has 75 heavy (non-hydrogen) atoms.